The summed E-state index contributed by atoms with van der Waals surface area (Å²) in [6.07, 6.45) is -0.122. The van der Waals surface area contributed by atoms with Crippen LogP contribution in [0.2, 0.25) is 0 Å². The van der Waals surface area contributed by atoms with Crippen molar-refractivity contribution in [2.45, 2.75) is 26.5 Å². The third-order valence-corrected chi connectivity index (χ3v) is 4.60. The number of aryl methyl sites for hydroxylation is 2. The maximum absolute atomic E-state index is 12.5. The molecule has 0 saturated carbocycles. The largest absolute Gasteiger partial charge is 0.475 e. The van der Waals surface area contributed by atoms with E-state index in [0.29, 0.717) is 44.7 Å². The Morgan fingerprint density at radius 3 is 2.84 bits per heavy atom. The Bertz CT molecular complexity index is 800. The average Bonchev–Trinajstić information content (AvgIpc) is 2.59. The normalized spacial score (nSPS) is 17.5. The molecule has 134 valence electrons. The van der Waals surface area contributed by atoms with Gasteiger partial charge in [-0.2, -0.15) is 0 Å². The fourth-order valence-electron chi connectivity index (χ4n) is 2.68. The van der Waals surface area contributed by atoms with Gasteiger partial charge >= 0.3 is 0 Å². The van der Waals surface area contributed by atoms with Crippen molar-refractivity contribution in [2.24, 2.45) is 0 Å². The first-order chi connectivity index (χ1) is 12.0. The molecule has 0 N–H and O–H groups in total. The first-order valence-electron chi connectivity index (χ1n) is 8.18. The van der Waals surface area contributed by atoms with Crippen LogP contribution in [-0.4, -0.2) is 42.1 Å². The lowest BCUT2D eigenvalue weighted by atomic mass is 10.1. The molecule has 0 spiro atoms. The molecule has 7 heteroatoms. The molecule has 0 bridgehead atoms. The Kier molecular flexibility index (Phi) is 5.88. The first-order valence-corrected chi connectivity index (χ1v) is 8.98. The van der Waals surface area contributed by atoms with Crippen molar-refractivity contribution in [3.63, 3.8) is 0 Å². The number of hydrogen-bond acceptors (Lipinski definition) is 5. The van der Waals surface area contributed by atoms with E-state index in [1.807, 2.05) is 32.0 Å². The third kappa shape index (κ3) is 4.68. The molecule has 0 amide bonds. The zero-order valence-electron chi connectivity index (χ0n) is 14.3. The van der Waals surface area contributed by atoms with E-state index in [1.165, 1.54) is 6.07 Å². The standard InChI is InChI=1S/C18H21BrN2O4/c1-12-7-15(19)4-3-14(12)9-21-13(2)20-17(8-18(21)22)25-11-16-10-23-5-6-24-16/h3-4,7-8,16H,5-6,9-11H2,1-2H3. The van der Waals surface area contributed by atoms with Gasteiger partial charge in [0.25, 0.3) is 5.56 Å². The van der Waals surface area contributed by atoms with E-state index in [-0.39, 0.29) is 11.7 Å². The summed E-state index contributed by atoms with van der Waals surface area (Å²) >= 11 is 3.45. The highest BCUT2D eigenvalue weighted by atomic mass is 79.9. The Balaban J connectivity index is 1.72. The zero-order chi connectivity index (χ0) is 17.8. The van der Waals surface area contributed by atoms with Crippen LogP contribution in [0.4, 0.5) is 0 Å². The van der Waals surface area contributed by atoms with Crippen LogP contribution in [0.15, 0.2) is 33.5 Å². The highest BCUT2D eigenvalue weighted by molar-refractivity contribution is 9.10. The predicted octanol–water partition coefficient (Wildman–Crippen LogP) is 2.47. The summed E-state index contributed by atoms with van der Waals surface area (Å²) in [5.74, 6) is 0.936. The van der Waals surface area contributed by atoms with Crippen molar-refractivity contribution in [3.8, 4) is 5.88 Å². The monoisotopic (exact) mass is 408 g/mol. The van der Waals surface area contributed by atoms with Gasteiger partial charge in [0.15, 0.2) is 0 Å². The molecular weight excluding hydrogens is 388 g/mol. The molecule has 1 aliphatic rings. The van der Waals surface area contributed by atoms with E-state index < -0.39 is 0 Å². The minimum atomic E-state index is -0.134. The summed E-state index contributed by atoms with van der Waals surface area (Å²) in [7, 11) is 0. The summed E-state index contributed by atoms with van der Waals surface area (Å²) in [6.45, 7) is 6.31. The van der Waals surface area contributed by atoms with Crippen molar-refractivity contribution in [3.05, 3.63) is 56.0 Å². The molecule has 0 radical (unpaired) electrons. The van der Waals surface area contributed by atoms with Crippen LogP contribution in [-0.2, 0) is 16.0 Å². The molecule has 25 heavy (non-hydrogen) atoms. The second kappa shape index (κ2) is 8.12. The van der Waals surface area contributed by atoms with Crippen LogP contribution < -0.4 is 10.3 Å². The maximum Gasteiger partial charge on any atom is 0.257 e. The molecule has 1 aliphatic heterocycles. The summed E-state index contributed by atoms with van der Waals surface area (Å²) in [4.78, 5) is 16.9. The van der Waals surface area contributed by atoms with Crippen LogP contribution in [0.5, 0.6) is 5.88 Å². The van der Waals surface area contributed by atoms with E-state index in [9.17, 15) is 4.79 Å². The lowest BCUT2D eigenvalue weighted by molar-refractivity contribution is -0.102. The topological polar surface area (TPSA) is 62.6 Å². The Labute approximate surface area is 154 Å². The van der Waals surface area contributed by atoms with Gasteiger partial charge in [-0.05, 0) is 37.1 Å². The van der Waals surface area contributed by atoms with Crippen LogP contribution in [0.3, 0.4) is 0 Å². The van der Waals surface area contributed by atoms with E-state index >= 15 is 0 Å². The summed E-state index contributed by atoms with van der Waals surface area (Å²) < 4.78 is 19.1. The van der Waals surface area contributed by atoms with Gasteiger partial charge in [0.1, 0.15) is 18.5 Å². The molecule has 0 aliphatic carbocycles. The number of halogens is 1. The van der Waals surface area contributed by atoms with E-state index in [1.54, 1.807) is 4.57 Å². The van der Waals surface area contributed by atoms with E-state index in [4.69, 9.17) is 14.2 Å². The lowest BCUT2D eigenvalue weighted by Gasteiger charge is -2.22. The van der Waals surface area contributed by atoms with E-state index in [2.05, 4.69) is 20.9 Å². The third-order valence-electron chi connectivity index (χ3n) is 4.11. The summed E-state index contributed by atoms with van der Waals surface area (Å²) in [5.41, 5.74) is 2.07. The van der Waals surface area contributed by atoms with Gasteiger partial charge in [0, 0.05) is 4.47 Å². The van der Waals surface area contributed by atoms with Crippen molar-refractivity contribution in [2.75, 3.05) is 26.4 Å². The van der Waals surface area contributed by atoms with Gasteiger partial charge in [-0.15, -0.1) is 0 Å². The zero-order valence-corrected chi connectivity index (χ0v) is 15.9. The van der Waals surface area contributed by atoms with Gasteiger partial charge in [-0.3, -0.25) is 9.36 Å². The predicted molar refractivity (Wildman–Crippen MR) is 97.3 cm³/mol. The number of rotatable bonds is 5. The van der Waals surface area contributed by atoms with Gasteiger partial charge in [-0.25, -0.2) is 4.98 Å². The lowest BCUT2D eigenvalue weighted by Crippen LogP contribution is -2.34. The van der Waals surface area contributed by atoms with E-state index in [0.717, 1.165) is 15.6 Å². The van der Waals surface area contributed by atoms with Crippen molar-refractivity contribution in [1.29, 1.82) is 0 Å². The number of aromatic nitrogens is 2. The van der Waals surface area contributed by atoms with Gasteiger partial charge in [0.2, 0.25) is 5.88 Å². The quantitative estimate of drug-likeness (QED) is 0.760. The molecular formula is C18H21BrN2O4. The van der Waals surface area contributed by atoms with Crippen molar-refractivity contribution in [1.82, 2.24) is 9.55 Å². The Morgan fingerprint density at radius 1 is 1.32 bits per heavy atom. The molecule has 6 nitrogen and oxygen atoms in total. The average molecular weight is 409 g/mol. The summed E-state index contributed by atoms with van der Waals surface area (Å²) in [6, 6.07) is 7.44. The number of ether oxygens (including phenoxy) is 3. The van der Waals surface area contributed by atoms with Crippen LogP contribution in [0, 0.1) is 13.8 Å². The Hall–Kier alpha value is -1.70. The number of nitrogens with zero attached hydrogens (tertiary/aromatic N) is 2. The van der Waals surface area contributed by atoms with Gasteiger partial charge < -0.3 is 14.2 Å². The van der Waals surface area contributed by atoms with Gasteiger partial charge in [0.05, 0.1) is 32.4 Å². The smallest absolute Gasteiger partial charge is 0.257 e. The van der Waals surface area contributed by atoms with Crippen LogP contribution in [0.1, 0.15) is 17.0 Å². The Morgan fingerprint density at radius 2 is 2.16 bits per heavy atom. The van der Waals surface area contributed by atoms with Gasteiger partial charge in [-0.1, -0.05) is 22.0 Å². The maximum atomic E-state index is 12.5. The molecule has 2 aromatic rings. The summed E-state index contributed by atoms with van der Waals surface area (Å²) in [5, 5.41) is 0. The highest BCUT2D eigenvalue weighted by Crippen LogP contribution is 2.17. The second-order valence-electron chi connectivity index (χ2n) is 6.02. The van der Waals surface area contributed by atoms with Crippen LogP contribution >= 0.6 is 15.9 Å². The molecule has 1 unspecified atom stereocenters. The molecule has 2 heterocycles. The van der Waals surface area contributed by atoms with Crippen molar-refractivity contribution < 1.29 is 14.2 Å². The molecule has 1 aromatic carbocycles. The number of hydrogen-bond donors (Lipinski definition) is 0. The molecule has 3 rings (SSSR count). The molecule has 1 atom stereocenters. The number of benzene rings is 1. The first kappa shape index (κ1) is 18.1. The fourth-order valence-corrected chi connectivity index (χ4v) is 3.16. The van der Waals surface area contributed by atoms with Crippen molar-refractivity contribution >= 4 is 15.9 Å². The fraction of sp³-hybridized carbons (Fsp3) is 0.444. The SMILES string of the molecule is Cc1cc(Br)ccc1Cn1c(C)nc(OCC2COCCO2)cc1=O. The minimum Gasteiger partial charge on any atom is -0.475 e. The second-order valence-corrected chi connectivity index (χ2v) is 6.93. The minimum absolute atomic E-state index is 0.122. The molecule has 1 aromatic heterocycles. The molecule has 1 fully saturated rings. The van der Waals surface area contributed by atoms with Crippen LogP contribution in [0.25, 0.3) is 0 Å². The highest BCUT2D eigenvalue weighted by Gasteiger charge is 2.16. The molecule has 1 saturated heterocycles.